The number of benzene rings is 3. The van der Waals surface area contributed by atoms with Crippen molar-refractivity contribution in [2.24, 2.45) is 0 Å². The second-order valence-corrected chi connectivity index (χ2v) is 8.30. The molecule has 0 saturated heterocycles. The van der Waals surface area contributed by atoms with Gasteiger partial charge in [0.05, 0.1) is 21.1 Å². The van der Waals surface area contributed by atoms with Crippen LogP contribution in [0.3, 0.4) is 0 Å². The lowest BCUT2D eigenvalue weighted by atomic mass is 10.1. The molecule has 3 aromatic carbocycles. The third-order valence-electron chi connectivity index (χ3n) is 5.24. The maximum absolute atomic E-state index is 12.5. The van der Waals surface area contributed by atoms with Gasteiger partial charge in [-0.15, -0.1) is 11.3 Å². The Kier molecular flexibility index (Phi) is 6.42. The van der Waals surface area contributed by atoms with E-state index in [-0.39, 0.29) is 17.7 Å². The van der Waals surface area contributed by atoms with E-state index in [2.05, 4.69) is 10.3 Å². The lowest BCUT2D eigenvalue weighted by Crippen LogP contribution is -2.23. The van der Waals surface area contributed by atoms with Crippen LogP contribution in [0, 0.1) is 27.2 Å². The van der Waals surface area contributed by atoms with Crippen LogP contribution >= 0.6 is 11.3 Å². The van der Waals surface area contributed by atoms with Crippen LogP contribution in [0.25, 0.3) is 21.8 Å². The number of aromatic nitrogens is 1. The van der Waals surface area contributed by atoms with Gasteiger partial charge in [-0.25, -0.2) is 4.98 Å². The number of carbonyl (C=O) groups excluding carboxylic acids is 1. The fourth-order valence-electron chi connectivity index (χ4n) is 3.39. The Hall–Kier alpha value is -4.44. The van der Waals surface area contributed by atoms with E-state index in [9.17, 15) is 25.0 Å². The van der Waals surface area contributed by atoms with Gasteiger partial charge in [-0.2, -0.15) is 0 Å². The van der Waals surface area contributed by atoms with Gasteiger partial charge in [0.15, 0.2) is 0 Å². The van der Waals surface area contributed by atoms with E-state index in [0.717, 1.165) is 39.5 Å². The maximum atomic E-state index is 12.5. The third-order valence-corrected chi connectivity index (χ3v) is 6.13. The van der Waals surface area contributed by atoms with Crippen molar-refractivity contribution in [1.82, 2.24) is 10.3 Å². The Bertz CT molecular complexity index is 1350. The standard InChI is InChI=1S/C24H18N4O5S/c1-15-21(27(30)31)11-19(12-22(15)28(32)33)23(29)25-13-16-7-9-18(10-8-16)24-26-20(14-34-24)17-5-3-2-4-6-17/h2-12,14H,13H2,1H3,(H,25,29). The molecule has 0 atom stereocenters. The molecule has 170 valence electrons. The summed E-state index contributed by atoms with van der Waals surface area (Å²) in [6, 6.07) is 19.5. The van der Waals surface area contributed by atoms with Gasteiger partial charge >= 0.3 is 0 Å². The number of amides is 1. The summed E-state index contributed by atoms with van der Waals surface area (Å²) >= 11 is 1.54. The SMILES string of the molecule is Cc1c([N+](=O)[O-])cc(C(=O)NCc2ccc(-c3nc(-c4ccccc4)cs3)cc2)cc1[N+](=O)[O-]. The number of rotatable bonds is 7. The first-order valence-electron chi connectivity index (χ1n) is 10.2. The minimum atomic E-state index is -0.736. The van der Waals surface area contributed by atoms with Gasteiger partial charge in [0.1, 0.15) is 10.6 Å². The lowest BCUT2D eigenvalue weighted by molar-refractivity contribution is -0.395. The number of nitrogens with zero attached hydrogens (tertiary/aromatic N) is 3. The second kappa shape index (κ2) is 9.59. The maximum Gasteiger partial charge on any atom is 0.279 e. The zero-order valence-electron chi connectivity index (χ0n) is 17.9. The molecule has 0 unspecified atom stereocenters. The Labute approximate surface area is 198 Å². The van der Waals surface area contributed by atoms with Crippen molar-refractivity contribution in [2.45, 2.75) is 13.5 Å². The molecule has 1 heterocycles. The zero-order chi connectivity index (χ0) is 24.2. The monoisotopic (exact) mass is 474 g/mol. The van der Waals surface area contributed by atoms with Gasteiger partial charge in [0, 0.05) is 35.2 Å². The molecule has 0 aliphatic rings. The van der Waals surface area contributed by atoms with Crippen LogP contribution in [-0.4, -0.2) is 20.7 Å². The summed E-state index contributed by atoms with van der Waals surface area (Å²) in [5.41, 5.74) is 2.50. The summed E-state index contributed by atoms with van der Waals surface area (Å²) < 4.78 is 0. The molecule has 4 aromatic rings. The predicted molar refractivity (Wildman–Crippen MR) is 129 cm³/mol. The summed E-state index contributed by atoms with van der Waals surface area (Å²) in [5, 5.41) is 28.0. The average Bonchev–Trinajstić information content (AvgIpc) is 3.33. The number of nitro benzene ring substituents is 2. The number of nitro groups is 2. The average molecular weight is 474 g/mol. The smallest absolute Gasteiger partial charge is 0.279 e. The quantitative estimate of drug-likeness (QED) is 0.277. The number of thiazole rings is 1. The first-order valence-corrected chi connectivity index (χ1v) is 11.0. The Balaban J connectivity index is 1.46. The van der Waals surface area contributed by atoms with Gasteiger partial charge in [0.25, 0.3) is 17.3 Å². The molecule has 0 spiro atoms. The molecule has 1 N–H and O–H groups in total. The van der Waals surface area contributed by atoms with Gasteiger partial charge in [0.2, 0.25) is 0 Å². The first kappa shape index (κ1) is 22.7. The van der Waals surface area contributed by atoms with Crippen molar-refractivity contribution in [3.8, 4) is 21.8 Å². The van der Waals surface area contributed by atoms with Gasteiger partial charge in [-0.1, -0.05) is 54.6 Å². The predicted octanol–water partition coefficient (Wildman–Crippen LogP) is 5.53. The topological polar surface area (TPSA) is 128 Å². The molecule has 0 aliphatic carbocycles. The van der Waals surface area contributed by atoms with Crippen molar-refractivity contribution >= 4 is 28.6 Å². The molecule has 10 heteroatoms. The highest BCUT2D eigenvalue weighted by atomic mass is 32.1. The van der Waals surface area contributed by atoms with E-state index in [1.165, 1.54) is 18.3 Å². The van der Waals surface area contributed by atoms with E-state index in [1.807, 2.05) is 60.0 Å². The molecule has 34 heavy (non-hydrogen) atoms. The number of hydrogen-bond donors (Lipinski definition) is 1. The highest BCUT2D eigenvalue weighted by Crippen LogP contribution is 2.30. The molecular formula is C24H18N4O5S. The number of nitrogens with one attached hydrogen (secondary N) is 1. The van der Waals surface area contributed by atoms with Crippen LogP contribution in [0.4, 0.5) is 11.4 Å². The molecule has 0 bridgehead atoms. The molecule has 0 aliphatic heterocycles. The van der Waals surface area contributed by atoms with Crippen LogP contribution in [0.2, 0.25) is 0 Å². The summed E-state index contributed by atoms with van der Waals surface area (Å²) in [4.78, 5) is 38.2. The van der Waals surface area contributed by atoms with Crippen LogP contribution < -0.4 is 5.32 Å². The van der Waals surface area contributed by atoms with E-state index < -0.39 is 27.1 Å². The Morgan fingerprint density at radius 3 is 2.15 bits per heavy atom. The number of hydrogen-bond acceptors (Lipinski definition) is 7. The highest BCUT2D eigenvalue weighted by Gasteiger charge is 2.25. The molecule has 0 fully saturated rings. The first-order chi connectivity index (χ1) is 16.3. The van der Waals surface area contributed by atoms with Gasteiger partial charge in [-0.3, -0.25) is 25.0 Å². The van der Waals surface area contributed by atoms with E-state index in [4.69, 9.17) is 0 Å². The van der Waals surface area contributed by atoms with Crippen molar-refractivity contribution in [3.05, 3.63) is 109 Å². The molecule has 0 saturated carbocycles. The van der Waals surface area contributed by atoms with Crippen LogP contribution in [-0.2, 0) is 6.54 Å². The normalized spacial score (nSPS) is 10.6. The lowest BCUT2D eigenvalue weighted by Gasteiger charge is -2.07. The van der Waals surface area contributed by atoms with Crippen molar-refractivity contribution in [1.29, 1.82) is 0 Å². The van der Waals surface area contributed by atoms with Gasteiger partial charge < -0.3 is 5.32 Å². The molecular weight excluding hydrogens is 456 g/mol. The molecule has 0 radical (unpaired) electrons. The summed E-state index contributed by atoms with van der Waals surface area (Å²) in [5.74, 6) is -0.636. The van der Waals surface area contributed by atoms with Crippen molar-refractivity contribution in [2.75, 3.05) is 0 Å². The van der Waals surface area contributed by atoms with Crippen molar-refractivity contribution < 1.29 is 14.6 Å². The fourth-order valence-corrected chi connectivity index (χ4v) is 4.23. The van der Waals surface area contributed by atoms with E-state index in [0.29, 0.717) is 0 Å². The zero-order valence-corrected chi connectivity index (χ0v) is 18.7. The van der Waals surface area contributed by atoms with E-state index >= 15 is 0 Å². The largest absolute Gasteiger partial charge is 0.348 e. The minimum absolute atomic E-state index is 0.0975. The molecule has 1 amide bonds. The van der Waals surface area contributed by atoms with Gasteiger partial charge in [-0.05, 0) is 12.5 Å². The Morgan fingerprint density at radius 1 is 0.941 bits per heavy atom. The third kappa shape index (κ3) is 4.81. The molecule has 4 rings (SSSR count). The van der Waals surface area contributed by atoms with Crippen molar-refractivity contribution in [3.63, 3.8) is 0 Å². The number of carbonyl (C=O) groups is 1. The van der Waals surface area contributed by atoms with E-state index in [1.54, 1.807) is 0 Å². The van der Waals surface area contributed by atoms with Crippen LogP contribution in [0.1, 0.15) is 21.5 Å². The van der Waals surface area contributed by atoms with Crippen LogP contribution in [0.5, 0.6) is 0 Å². The molecule has 1 aromatic heterocycles. The molecule has 9 nitrogen and oxygen atoms in total. The highest BCUT2D eigenvalue weighted by molar-refractivity contribution is 7.13. The summed E-state index contributed by atoms with van der Waals surface area (Å²) in [6.45, 7) is 1.44. The fraction of sp³-hybridized carbons (Fsp3) is 0.0833. The second-order valence-electron chi connectivity index (χ2n) is 7.44. The summed E-state index contributed by atoms with van der Waals surface area (Å²) in [7, 11) is 0. The van der Waals surface area contributed by atoms with Crippen LogP contribution in [0.15, 0.2) is 72.1 Å². The Morgan fingerprint density at radius 2 is 1.56 bits per heavy atom. The summed E-state index contributed by atoms with van der Waals surface area (Å²) in [6.07, 6.45) is 0. The minimum Gasteiger partial charge on any atom is -0.348 e.